The highest BCUT2D eigenvalue weighted by Gasteiger charge is 2.29. The molecule has 1 saturated carbocycles. The van der Waals surface area contributed by atoms with Gasteiger partial charge >= 0.3 is 0 Å². The number of benzene rings is 1. The Bertz CT molecular complexity index is 404. The monoisotopic (exact) mass is 275 g/mol. The van der Waals surface area contributed by atoms with E-state index in [0.717, 1.165) is 24.8 Å². The van der Waals surface area contributed by atoms with E-state index in [2.05, 4.69) is 25.2 Å². The first kappa shape index (κ1) is 15.4. The van der Waals surface area contributed by atoms with Gasteiger partial charge in [0, 0.05) is 6.04 Å². The summed E-state index contributed by atoms with van der Waals surface area (Å²) in [5.74, 6) is 2.11. The molecule has 1 aliphatic carbocycles. The van der Waals surface area contributed by atoms with E-state index in [1.165, 1.54) is 37.7 Å². The van der Waals surface area contributed by atoms with Crippen molar-refractivity contribution in [3.05, 3.63) is 29.8 Å². The van der Waals surface area contributed by atoms with Crippen molar-refractivity contribution >= 4 is 0 Å². The Labute approximate surface area is 123 Å². The van der Waals surface area contributed by atoms with Gasteiger partial charge in [-0.3, -0.25) is 0 Å². The second-order valence-corrected chi connectivity index (χ2v) is 6.28. The lowest BCUT2D eigenvalue weighted by Crippen LogP contribution is -2.37. The molecule has 3 unspecified atom stereocenters. The molecular formula is C18H29NO. The van der Waals surface area contributed by atoms with E-state index in [-0.39, 0.29) is 0 Å². The van der Waals surface area contributed by atoms with Crippen molar-refractivity contribution in [3.8, 4) is 5.75 Å². The van der Waals surface area contributed by atoms with Crippen LogP contribution in [0.25, 0.3) is 0 Å². The molecule has 0 aliphatic heterocycles. The van der Waals surface area contributed by atoms with Gasteiger partial charge in [0.25, 0.3) is 0 Å². The highest BCUT2D eigenvalue weighted by atomic mass is 16.3. The molecule has 0 amide bonds. The van der Waals surface area contributed by atoms with E-state index in [4.69, 9.17) is 0 Å². The van der Waals surface area contributed by atoms with Gasteiger partial charge < -0.3 is 10.4 Å². The van der Waals surface area contributed by atoms with Crippen LogP contribution in [0.1, 0.15) is 51.5 Å². The average molecular weight is 275 g/mol. The van der Waals surface area contributed by atoms with Crippen LogP contribution in [0.4, 0.5) is 0 Å². The number of nitrogens with one attached hydrogen (secondary N) is 1. The summed E-state index contributed by atoms with van der Waals surface area (Å²) in [5, 5.41) is 13.4. The van der Waals surface area contributed by atoms with Crippen molar-refractivity contribution in [2.24, 2.45) is 11.8 Å². The fourth-order valence-corrected chi connectivity index (χ4v) is 3.52. The van der Waals surface area contributed by atoms with Crippen LogP contribution in [0.15, 0.2) is 24.3 Å². The molecule has 1 fully saturated rings. The summed E-state index contributed by atoms with van der Waals surface area (Å²) >= 11 is 0. The maximum Gasteiger partial charge on any atom is 0.115 e. The summed E-state index contributed by atoms with van der Waals surface area (Å²) in [6.07, 6.45) is 7.67. The molecule has 20 heavy (non-hydrogen) atoms. The summed E-state index contributed by atoms with van der Waals surface area (Å²) in [7, 11) is 0. The van der Waals surface area contributed by atoms with Crippen molar-refractivity contribution in [3.63, 3.8) is 0 Å². The molecule has 0 radical (unpaired) electrons. The Morgan fingerprint density at radius 1 is 1.30 bits per heavy atom. The van der Waals surface area contributed by atoms with Crippen molar-refractivity contribution in [1.82, 2.24) is 5.32 Å². The van der Waals surface area contributed by atoms with E-state index in [0.29, 0.717) is 11.8 Å². The number of hydrogen-bond acceptors (Lipinski definition) is 2. The van der Waals surface area contributed by atoms with E-state index >= 15 is 0 Å². The zero-order valence-corrected chi connectivity index (χ0v) is 12.9. The van der Waals surface area contributed by atoms with Gasteiger partial charge in [0.2, 0.25) is 0 Å². The molecular weight excluding hydrogens is 246 g/mol. The largest absolute Gasteiger partial charge is 0.508 e. The summed E-state index contributed by atoms with van der Waals surface area (Å²) in [6, 6.07) is 8.30. The number of phenolic OH excluding ortho intramolecular Hbond substituents is 1. The summed E-state index contributed by atoms with van der Waals surface area (Å²) in [5.41, 5.74) is 1.25. The quantitative estimate of drug-likeness (QED) is 0.784. The van der Waals surface area contributed by atoms with Crippen molar-refractivity contribution in [2.45, 2.75) is 58.4 Å². The number of hydrogen-bond donors (Lipinski definition) is 2. The molecule has 2 heteroatoms. The third kappa shape index (κ3) is 4.24. The van der Waals surface area contributed by atoms with Gasteiger partial charge in [0.15, 0.2) is 0 Å². The summed E-state index contributed by atoms with van der Waals surface area (Å²) in [6.45, 7) is 5.63. The normalized spacial score (nSPS) is 23.9. The lowest BCUT2D eigenvalue weighted by Gasteiger charge is -2.25. The molecule has 1 aromatic carbocycles. The fourth-order valence-electron chi connectivity index (χ4n) is 3.52. The summed E-state index contributed by atoms with van der Waals surface area (Å²) in [4.78, 5) is 0. The minimum atomic E-state index is 0.384. The van der Waals surface area contributed by atoms with Crippen molar-refractivity contribution in [2.75, 3.05) is 6.54 Å². The maximum absolute atomic E-state index is 9.63. The Morgan fingerprint density at radius 3 is 2.80 bits per heavy atom. The first-order chi connectivity index (χ1) is 9.72. The van der Waals surface area contributed by atoms with Crippen LogP contribution in [0, 0.1) is 11.8 Å². The molecule has 2 rings (SSSR count). The molecule has 0 spiro atoms. The van der Waals surface area contributed by atoms with Crippen LogP contribution in [0.3, 0.4) is 0 Å². The average Bonchev–Trinajstić information content (AvgIpc) is 2.92. The van der Waals surface area contributed by atoms with Crippen LogP contribution in [0.5, 0.6) is 5.75 Å². The standard InChI is InChI=1S/C18H29NO/c1-3-10-19-18(16-9-8-14(4-2)11-16)13-15-6-5-7-17(20)12-15/h5-7,12,14,16,18-20H,3-4,8-11,13H2,1-2H3. The second-order valence-electron chi connectivity index (χ2n) is 6.28. The Balaban J connectivity index is 2.00. The van der Waals surface area contributed by atoms with E-state index in [9.17, 15) is 5.11 Å². The minimum Gasteiger partial charge on any atom is -0.508 e. The molecule has 0 heterocycles. The lowest BCUT2D eigenvalue weighted by molar-refractivity contribution is 0.343. The topological polar surface area (TPSA) is 32.3 Å². The molecule has 2 N–H and O–H groups in total. The molecule has 1 aromatic rings. The molecule has 2 nitrogen and oxygen atoms in total. The Hall–Kier alpha value is -1.02. The lowest BCUT2D eigenvalue weighted by atomic mass is 9.90. The third-order valence-corrected chi connectivity index (χ3v) is 4.75. The molecule has 112 valence electrons. The van der Waals surface area contributed by atoms with Gasteiger partial charge in [0.1, 0.15) is 5.75 Å². The minimum absolute atomic E-state index is 0.384. The predicted octanol–water partition coefficient (Wildman–Crippen LogP) is 4.13. The zero-order valence-electron chi connectivity index (χ0n) is 12.9. The molecule has 0 saturated heterocycles. The predicted molar refractivity (Wildman–Crippen MR) is 85.0 cm³/mol. The Kier molecular flexibility index (Phi) is 5.90. The van der Waals surface area contributed by atoms with Crippen molar-refractivity contribution in [1.29, 1.82) is 0 Å². The van der Waals surface area contributed by atoms with Crippen LogP contribution in [0.2, 0.25) is 0 Å². The smallest absolute Gasteiger partial charge is 0.115 e. The van der Waals surface area contributed by atoms with Crippen molar-refractivity contribution < 1.29 is 5.11 Å². The van der Waals surface area contributed by atoms with Crippen LogP contribution < -0.4 is 5.32 Å². The molecule has 1 aliphatic rings. The van der Waals surface area contributed by atoms with Gasteiger partial charge in [-0.1, -0.05) is 38.8 Å². The summed E-state index contributed by atoms with van der Waals surface area (Å²) < 4.78 is 0. The third-order valence-electron chi connectivity index (χ3n) is 4.75. The van der Waals surface area contributed by atoms with Gasteiger partial charge in [-0.2, -0.15) is 0 Å². The molecule has 0 bridgehead atoms. The molecule has 0 aromatic heterocycles. The highest BCUT2D eigenvalue weighted by Crippen LogP contribution is 2.36. The second kappa shape index (κ2) is 7.68. The number of phenols is 1. The SMILES string of the molecule is CCCNC(Cc1cccc(O)c1)C1CCC(CC)C1. The van der Waals surface area contributed by atoms with Gasteiger partial charge in [0.05, 0.1) is 0 Å². The van der Waals surface area contributed by atoms with Gasteiger partial charge in [-0.15, -0.1) is 0 Å². The molecule has 3 atom stereocenters. The van der Waals surface area contributed by atoms with Crippen LogP contribution >= 0.6 is 0 Å². The fraction of sp³-hybridized carbons (Fsp3) is 0.667. The van der Waals surface area contributed by atoms with Gasteiger partial charge in [-0.25, -0.2) is 0 Å². The van der Waals surface area contributed by atoms with E-state index in [1.54, 1.807) is 6.07 Å². The first-order valence-electron chi connectivity index (χ1n) is 8.24. The van der Waals surface area contributed by atoms with Gasteiger partial charge in [-0.05, 0) is 61.8 Å². The van der Waals surface area contributed by atoms with Crippen LogP contribution in [-0.4, -0.2) is 17.7 Å². The number of rotatable bonds is 7. The highest BCUT2D eigenvalue weighted by molar-refractivity contribution is 5.27. The first-order valence-corrected chi connectivity index (χ1v) is 8.24. The maximum atomic E-state index is 9.63. The van der Waals surface area contributed by atoms with E-state index < -0.39 is 0 Å². The Morgan fingerprint density at radius 2 is 2.15 bits per heavy atom. The zero-order chi connectivity index (χ0) is 14.4. The van der Waals surface area contributed by atoms with Crippen LogP contribution in [-0.2, 0) is 6.42 Å². The van der Waals surface area contributed by atoms with E-state index in [1.807, 2.05) is 12.1 Å². The number of aromatic hydroxyl groups is 1.